The number of hydrogen-bond acceptors (Lipinski definition) is 5. The molecule has 10 heteroatoms. The molecule has 1 aromatic heterocycles. The van der Waals surface area contributed by atoms with E-state index in [1.165, 1.54) is 6.07 Å². The van der Waals surface area contributed by atoms with Crippen LogP contribution >= 0.6 is 0 Å². The maximum atomic E-state index is 12.8. The Balaban J connectivity index is 1.12. The molecule has 1 aliphatic heterocycles. The first kappa shape index (κ1) is 22.4. The monoisotopic (exact) mass is 466 g/mol. The summed E-state index contributed by atoms with van der Waals surface area (Å²) in [5.74, 6) is 0.773. The Bertz CT molecular complexity index is 899. The summed E-state index contributed by atoms with van der Waals surface area (Å²) in [5.41, 5.74) is -1.35. The number of aromatic nitrogens is 1. The van der Waals surface area contributed by atoms with E-state index in [1.807, 2.05) is 9.80 Å². The van der Waals surface area contributed by atoms with Gasteiger partial charge in [-0.2, -0.15) is 13.2 Å². The Morgan fingerprint density at radius 2 is 1.76 bits per heavy atom. The molecule has 6 rings (SSSR count). The molecular formula is C23H29F3N4O3. The van der Waals surface area contributed by atoms with Gasteiger partial charge < -0.3 is 15.3 Å². The van der Waals surface area contributed by atoms with Crippen molar-refractivity contribution in [1.29, 1.82) is 0 Å². The van der Waals surface area contributed by atoms with Crippen LogP contribution < -0.4 is 10.2 Å². The Kier molecular flexibility index (Phi) is 5.54. The number of rotatable bonds is 5. The highest BCUT2D eigenvalue weighted by atomic mass is 19.4. The highest BCUT2D eigenvalue weighted by Crippen LogP contribution is 2.60. The summed E-state index contributed by atoms with van der Waals surface area (Å²) in [5, 5.41) is 13.0. The van der Waals surface area contributed by atoms with Gasteiger partial charge in [0, 0.05) is 38.4 Å². The largest absolute Gasteiger partial charge is 0.481 e. The van der Waals surface area contributed by atoms with Gasteiger partial charge in [0.15, 0.2) is 0 Å². The van der Waals surface area contributed by atoms with Gasteiger partial charge in [0.1, 0.15) is 5.82 Å². The minimum atomic E-state index is -4.40. The van der Waals surface area contributed by atoms with E-state index in [2.05, 4.69) is 10.3 Å². The predicted molar refractivity (Wildman–Crippen MR) is 113 cm³/mol. The topological polar surface area (TPSA) is 85.8 Å². The number of halogens is 3. The number of piperazine rings is 1. The number of aliphatic carboxylic acids is 1. The molecule has 1 saturated heterocycles. The first-order valence-corrected chi connectivity index (χ1v) is 11.7. The molecular weight excluding hydrogens is 437 g/mol. The number of carbonyl (C=O) groups excluding carboxylic acids is 1. The van der Waals surface area contributed by atoms with Crippen molar-refractivity contribution in [1.82, 2.24) is 15.2 Å². The van der Waals surface area contributed by atoms with Gasteiger partial charge >= 0.3 is 12.1 Å². The molecule has 0 radical (unpaired) electrons. The quantitative estimate of drug-likeness (QED) is 0.694. The fourth-order valence-electron chi connectivity index (χ4n) is 6.83. The highest BCUT2D eigenvalue weighted by molar-refractivity contribution is 5.79. The number of carbonyl (C=O) groups is 2. The molecule has 1 amide bonds. The van der Waals surface area contributed by atoms with Gasteiger partial charge in [-0.15, -0.1) is 0 Å². The van der Waals surface area contributed by atoms with Crippen molar-refractivity contribution in [3.05, 3.63) is 23.9 Å². The zero-order chi connectivity index (χ0) is 23.4. The number of hydrogen-bond donors (Lipinski definition) is 2. The zero-order valence-electron chi connectivity index (χ0n) is 18.4. The summed E-state index contributed by atoms with van der Waals surface area (Å²) in [4.78, 5) is 32.6. The molecule has 4 aliphatic carbocycles. The van der Waals surface area contributed by atoms with Crippen LogP contribution in [0.25, 0.3) is 0 Å². The van der Waals surface area contributed by atoms with Crippen LogP contribution in [-0.2, 0) is 15.8 Å². The van der Waals surface area contributed by atoms with Crippen LogP contribution in [0, 0.1) is 23.2 Å². The van der Waals surface area contributed by atoms with Crippen LogP contribution in [0.15, 0.2) is 18.3 Å². The van der Waals surface area contributed by atoms with Crippen molar-refractivity contribution in [2.75, 3.05) is 37.6 Å². The van der Waals surface area contributed by atoms with E-state index in [-0.39, 0.29) is 30.3 Å². The molecule has 3 unspecified atom stereocenters. The molecule has 0 spiro atoms. The second kappa shape index (κ2) is 8.14. The molecule has 0 aromatic carbocycles. The lowest BCUT2D eigenvalue weighted by Gasteiger charge is -2.58. The van der Waals surface area contributed by atoms with E-state index in [0.717, 1.165) is 31.5 Å². The molecule has 2 heterocycles. The number of carboxylic acid groups (broad SMARTS) is 1. The number of nitrogens with zero attached hydrogens (tertiary/aromatic N) is 3. The smallest absolute Gasteiger partial charge is 0.417 e. The Morgan fingerprint density at radius 1 is 1.09 bits per heavy atom. The van der Waals surface area contributed by atoms with Crippen LogP contribution in [-0.4, -0.2) is 65.6 Å². The molecule has 7 nitrogen and oxygen atoms in total. The minimum absolute atomic E-state index is 0.0297. The molecule has 33 heavy (non-hydrogen) atoms. The van der Waals surface area contributed by atoms with E-state index in [0.29, 0.717) is 50.8 Å². The van der Waals surface area contributed by atoms with Crippen molar-refractivity contribution in [2.24, 2.45) is 23.2 Å². The third-order valence-corrected chi connectivity index (χ3v) is 8.19. The number of alkyl halides is 3. The fourth-order valence-corrected chi connectivity index (χ4v) is 6.83. The number of carboxylic acids is 1. The Morgan fingerprint density at radius 3 is 2.30 bits per heavy atom. The van der Waals surface area contributed by atoms with Crippen molar-refractivity contribution < 1.29 is 27.9 Å². The second-order valence-corrected chi connectivity index (χ2v) is 10.3. The van der Waals surface area contributed by atoms with Crippen molar-refractivity contribution in [2.45, 2.75) is 44.3 Å². The maximum Gasteiger partial charge on any atom is 0.417 e. The van der Waals surface area contributed by atoms with E-state index >= 15 is 0 Å². The summed E-state index contributed by atoms with van der Waals surface area (Å²) < 4.78 is 38.2. The molecule has 5 fully saturated rings. The van der Waals surface area contributed by atoms with Gasteiger partial charge in [-0.1, -0.05) is 0 Å². The number of amides is 1. The summed E-state index contributed by atoms with van der Waals surface area (Å²) >= 11 is 0. The van der Waals surface area contributed by atoms with Crippen LogP contribution in [0.3, 0.4) is 0 Å². The molecule has 5 aliphatic rings. The van der Waals surface area contributed by atoms with E-state index in [1.54, 1.807) is 0 Å². The molecule has 2 N–H and O–H groups in total. The van der Waals surface area contributed by atoms with Crippen molar-refractivity contribution >= 4 is 17.7 Å². The average molecular weight is 467 g/mol. The summed E-state index contributed by atoms with van der Waals surface area (Å²) in [7, 11) is 0. The van der Waals surface area contributed by atoms with Crippen LogP contribution in [0.2, 0.25) is 0 Å². The Hall–Kier alpha value is -2.36. The van der Waals surface area contributed by atoms with Gasteiger partial charge in [-0.3, -0.25) is 14.5 Å². The SMILES string of the molecule is O=C(CN1CCN(c2ccc(C(F)(F)F)cn2)CC1)NC1[C@@H]2CC3C[C@H]1CC(C(=O)O)(C3)C2. The lowest BCUT2D eigenvalue weighted by Crippen LogP contribution is -2.62. The Labute approximate surface area is 190 Å². The van der Waals surface area contributed by atoms with E-state index in [9.17, 15) is 27.9 Å². The first-order chi connectivity index (χ1) is 15.6. The fraction of sp³-hybridized carbons (Fsp3) is 0.696. The molecule has 4 bridgehead atoms. The van der Waals surface area contributed by atoms with Gasteiger partial charge in [-0.25, -0.2) is 4.98 Å². The van der Waals surface area contributed by atoms with E-state index in [4.69, 9.17) is 0 Å². The third kappa shape index (κ3) is 4.29. The van der Waals surface area contributed by atoms with Crippen molar-refractivity contribution in [3.63, 3.8) is 0 Å². The molecule has 4 saturated carbocycles. The minimum Gasteiger partial charge on any atom is -0.481 e. The zero-order valence-corrected chi connectivity index (χ0v) is 18.4. The summed E-state index contributed by atoms with van der Waals surface area (Å²) in [6.07, 6.45) is 0.592. The van der Waals surface area contributed by atoms with Gasteiger partial charge in [0.25, 0.3) is 0 Å². The lowest BCUT2D eigenvalue weighted by atomic mass is 9.48. The van der Waals surface area contributed by atoms with Gasteiger partial charge in [0.2, 0.25) is 5.91 Å². The molecule has 5 atom stereocenters. The number of pyridine rings is 1. The first-order valence-electron chi connectivity index (χ1n) is 11.7. The van der Waals surface area contributed by atoms with Crippen LogP contribution in [0.5, 0.6) is 0 Å². The lowest BCUT2D eigenvalue weighted by molar-refractivity contribution is -0.167. The number of anilines is 1. The van der Waals surface area contributed by atoms with E-state index < -0.39 is 23.1 Å². The van der Waals surface area contributed by atoms with Gasteiger partial charge in [0.05, 0.1) is 17.5 Å². The number of nitrogens with one attached hydrogen (secondary N) is 1. The van der Waals surface area contributed by atoms with Crippen LogP contribution in [0.1, 0.15) is 37.7 Å². The van der Waals surface area contributed by atoms with Crippen molar-refractivity contribution in [3.8, 4) is 0 Å². The molecule has 180 valence electrons. The predicted octanol–water partition coefficient (Wildman–Crippen LogP) is 2.62. The van der Waals surface area contributed by atoms with Crippen LogP contribution in [0.4, 0.5) is 19.0 Å². The summed E-state index contributed by atoms with van der Waals surface area (Å²) in [6.45, 7) is 2.69. The summed E-state index contributed by atoms with van der Waals surface area (Å²) in [6, 6.07) is 2.50. The standard InChI is InChI=1S/C23H29F3N4O3/c24-23(25,26)17-1-2-18(27-12-17)30-5-3-29(4-6-30)13-19(31)28-20-15-7-14-8-16(20)11-22(9-14,10-15)21(32)33/h1-2,12,14-16,20H,3-11,13H2,(H,28,31)(H,32,33)/t14?,15-,16+,20?,22?. The second-order valence-electron chi connectivity index (χ2n) is 10.3. The maximum absolute atomic E-state index is 12.8. The van der Waals surface area contributed by atoms with Gasteiger partial charge in [-0.05, 0) is 62.0 Å². The highest BCUT2D eigenvalue weighted by Gasteiger charge is 2.58. The molecule has 1 aromatic rings. The normalized spacial score (nSPS) is 33.8. The third-order valence-electron chi connectivity index (χ3n) is 8.19. The average Bonchev–Trinajstić information content (AvgIpc) is 2.76.